The molecule has 1 aliphatic rings. The lowest BCUT2D eigenvalue weighted by atomic mass is 9.89. The SMILES string of the molecule is CO/C(=C/C(=O)O)[C@H]1CO[C@@](C)(OC)[C@@H]1C. The van der Waals surface area contributed by atoms with Crippen LogP contribution >= 0.6 is 0 Å². The average molecular weight is 230 g/mol. The van der Waals surface area contributed by atoms with E-state index in [2.05, 4.69) is 0 Å². The Morgan fingerprint density at radius 1 is 1.56 bits per heavy atom. The minimum Gasteiger partial charge on any atom is -0.500 e. The van der Waals surface area contributed by atoms with E-state index >= 15 is 0 Å². The highest BCUT2D eigenvalue weighted by molar-refractivity contribution is 5.80. The van der Waals surface area contributed by atoms with Crippen molar-refractivity contribution in [1.29, 1.82) is 0 Å². The summed E-state index contributed by atoms with van der Waals surface area (Å²) in [5, 5.41) is 8.72. The molecule has 0 unspecified atom stereocenters. The van der Waals surface area contributed by atoms with E-state index in [1.54, 1.807) is 7.11 Å². The van der Waals surface area contributed by atoms with E-state index in [1.807, 2.05) is 13.8 Å². The highest BCUT2D eigenvalue weighted by atomic mass is 16.7. The van der Waals surface area contributed by atoms with Gasteiger partial charge in [0.15, 0.2) is 5.79 Å². The molecule has 1 aliphatic heterocycles. The quantitative estimate of drug-likeness (QED) is 0.581. The molecule has 0 aromatic rings. The van der Waals surface area contributed by atoms with Crippen LogP contribution in [-0.4, -0.2) is 37.7 Å². The van der Waals surface area contributed by atoms with Crippen LogP contribution in [0, 0.1) is 11.8 Å². The van der Waals surface area contributed by atoms with Gasteiger partial charge in [0.2, 0.25) is 0 Å². The van der Waals surface area contributed by atoms with Crippen LogP contribution in [0.15, 0.2) is 11.8 Å². The van der Waals surface area contributed by atoms with Gasteiger partial charge in [0.1, 0.15) is 5.76 Å². The van der Waals surface area contributed by atoms with Crippen molar-refractivity contribution in [3.63, 3.8) is 0 Å². The number of carboxylic acids is 1. The molecule has 3 atom stereocenters. The van der Waals surface area contributed by atoms with Crippen molar-refractivity contribution in [3.8, 4) is 0 Å². The molecule has 1 saturated heterocycles. The average Bonchev–Trinajstić information content (AvgIpc) is 2.54. The number of rotatable bonds is 4. The Morgan fingerprint density at radius 3 is 2.56 bits per heavy atom. The summed E-state index contributed by atoms with van der Waals surface area (Å²) in [6.45, 7) is 4.19. The topological polar surface area (TPSA) is 65.0 Å². The number of carbonyl (C=O) groups is 1. The van der Waals surface area contributed by atoms with Crippen LogP contribution in [0.4, 0.5) is 0 Å². The first kappa shape index (κ1) is 13.0. The molecule has 0 aromatic heterocycles. The van der Waals surface area contributed by atoms with E-state index in [0.717, 1.165) is 6.08 Å². The zero-order valence-electron chi connectivity index (χ0n) is 10.0. The monoisotopic (exact) mass is 230 g/mol. The lowest BCUT2D eigenvalue weighted by Gasteiger charge is -2.28. The van der Waals surface area contributed by atoms with Crippen LogP contribution in [0.1, 0.15) is 13.8 Å². The Hall–Kier alpha value is -1.07. The zero-order chi connectivity index (χ0) is 12.3. The van der Waals surface area contributed by atoms with Gasteiger partial charge in [0.05, 0.1) is 19.8 Å². The maximum Gasteiger partial charge on any atom is 0.331 e. The predicted molar refractivity (Wildman–Crippen MR) is 56.7 cm³/mol. The number of carboxylic acid groups (broad SMARTS) is 1. The molecule has 1 N–H and O–H groups in total. The van der Waals surface area contributed by atoms with Crippen molar-refractivity contribution in [2.75, 3.05) is 20.8 Å². The first-order valence-electron chi connectivity index (χ1n) is 5.12. The second-order valence-electron chi connectivity index (χ2n) is 4.02. The molecule has 5 heteroatoms. The van der Waals surface area contributed by atoms with Crippen LogP contribution in [0.25, 0.3) is 0 Å². The molecule has 1 heterocycles. The second-order valence-corrected chi connectivity index (χ2v) is 4.02. The standard InChI is InChI=1S/C11H18O5/c1-7-8(6-16-11(7,2)15-4)9(14-3)5-10(12)13/h5,7-8H,6H2,1-4H3,(H,12,13)/b9-5+/t7-,8+,11-/m1/s1. The van der Waals surface area contributed by atoms with Crippen molar-refractivity contribution in [2.45, 2.75) is 19.6 Å². The van der Waals surface area contributed by atoms with Gasteiger partial charge in [0.25, 0.3) is 0 Å². The zero-order valence-corrected chi connectivity index (χ0v) is 10.0. The third-order valence-corrected chi connectivity index (χ3v) is 3.25. The van der Waals surface area contributed by atoms with E-state index < -0.39 is 11.8 Å². The van der Waals surface area contributed by atoms with Gasteiger partial charge in [-0.15, -0.1) is 0 Å². The molecular formula is C11H18O5. The van der Waals surface area contributed by atoms with Gasteiger partial charge in [0, 0.05) is 18.9 Å². The predicted octanol–water partition coefficient (Wildman–Crippen LogP) is 1.25. The Labute approximate surface area is 95.0 Å². The smallest absolute Gasteiger partial charge is 0.331 e. The van der Waals surface area contributed by atoms with Gasteiger partial charge in [-0.05, 0) is 6.92 Å². The van der Waals surface area contributed by atoms with Crippen LogP contribution < -0.4 is 0 Å². The molecule has 0 amide bonds. The fraction of sp³-hybridized carbons (Fsp3) is 0.727. The summed E-state index contributed by atoms with van der Waals surface area (Å²) in [4.78, 5) is 10.6. The molecule has 0 aromatic carbocycles. The summed E-state index contributed by atoms with van der Waals surface area (Å²) < 4.78 is 15.9. The molecule has 1 rings (SSSR count). The summed E-state index contributed by atoms with van der Waals surface area (Å²) in [7, 11) is 3.04. The van der Waals surface area contributed by atoms with Crippen LogP contribution in [0.5, 0.6) is 0 Å². The van der Waals surface area contributed by atoms with E-state index in [-0.39, 0.29) is 11.8 Å². The highest BCUT2D eigenvalue weighted by Crippen LogP contribution is 2.40. The summed E-state index contributed by atoms with van der Waals surface area (Å²) in [6, 6.07) is 0. The minimum atomic E-state index is -1.02. The number of ether oxygens (including phenoxy) is 3. The molecule has 0 bridgehead atoms. The van der Waals surface area contributed by atoms with E-state index in [4.69, 9.17) is 19.3 Å². The summed E-state index contributed by atoms with van der Waals surface area (Å²) in [5.74, 6) is -1.34. The van der Waals surface area contributed by atoms with Gasteiger partial charge in [-0.2, -0.15) is 0 Å². The van der Waals surface area contributed by atoms with E-state index in [1.165, 1.54) is 7.11 Å². The number of hydrogen-bond acceptors (Lipinski definition) is 4. The van der Waals surface area contributed by atoms with E-state index in [9.17, 15) is 4.79 Å². The first-order valence-corrected chi connectivity index (χ1v) is 5.12. The Morgan fingerprint density at radius 2 is 2.19 bits per heavy atom. The van der Waals surface area contributed by atoms with Crippen LogP contribution in [0.3, 0.4) is 0 Å². The molecule has 92 valence electrons. The Balaban J connectivity index is 2.87. The van der Waals surface area contributed by atoms with Gasteiger partial charge >= 0.3 is 5.97 Å². The van der Waals surface area contributed by atoms with Crippen LogP contribution in [0.2, 0.25) is 0 Å². The van der Waals surface area contributed by atoms with Crippen molar-refractivity contribution < 1.29 is 24.1 Å². The first-order chi connectivity index (χ1) is 7.44. The van der Waals surface area contributed by atoms with Crippen molar-refractivity contribution in [2.24, 2.45) is 11.8 Å². The highest BCUT2D eigenvalue weighted by Gasteiger charge is 2.46. The van der Waals surface area contributed by atoms with Crippen molar-refractivity contribution >= 4 is 5.97 Å². The van der Waals surface area contributed by atoms with Gasteiger partial charge in [-0.3, -0.25) is 0 Å². The molecular weight excluding hydrogens is 212 g/mol. The van der Waals surface area contributed by atoms with Crippen molar-refractivity contribution in [1.82, 2.24) is 0 Å². The fourth-order valence-electron chi connectivity index (χ4n) is 1.91. The fourth-order valence-corrected chi connectivity index (χ4v) is 1.91. The molecule has 5 nitrogen and oxygen atoms in total. The summed E-state index contributed by atoms with van der Waals surface area (Å²) in [6.07, 6.45) is 1.08. The lowest BCUT2D eigenvalue weighted by Crippen LogP contribution is -2.34. The molecule has 0 radical (unpaired) electrons. The summed E-state index contributed by atoms with van der Waals surface area (Å²) in [5.41, 5.74) is 0. The van der Waals surface area contributed by atoms with Gasteiger partial charge < -0.3 is 19.3 Å². The maximum absolute atomic E-state index is 10.6. The van der Waals surface area contributed by atoms with Gasteiger partial charge in [-0.1, -0.05) is 6.92 Å². The second kappa shape index (κ2) is 4.84. The normalized spacial score (nSPS) is 35.1. The number of aliphatic carboxylic acids is 1. The van der Waals surface area contributed by atoms with Gasteiger partial charge in [-0.25, -0.2) is 4.79 Å². The largest absolute Gasteiger partial charge is 0.500 e. The number of methoxy groups -OCH3 is 2. The summed E-state index contributed by atoms with van der Waals surface area (Å²) >= 11 is 0. The van der Waals surface area contributed by atoms with Crippen molar-refractivity contribution in [3.05, 3.63) is 11.8 Å². The van der Waals surface area contributed by atoms with Crippen LogP contribution in [-0.2, 0) is 19.0 Å². The number of hydrogen-bond donors (Lipinski definition) is 1. The third kappa shape index (κ3) is 2.36. The molecule has 0 spiro atoms. The Kier molecular flexibility index (Phi) is 3.93. The molecule has 1 fully saturated rings. The third-order valence-electron chi connectivity index (χ3n) is 3.25. The molecule has 0 aliphatic carbocycles. The minimum absolute atomic E-state index is 0.0306. The molecule has 0 saturated carbocycles. The molecule has 16 heavy (non-hydrogen) atoms. The Bertz CT molecular complexity index is 299. The van der Waals surface area contributed by atoms with E-state index in [0.29, 0.717) is 12.4 Å². The lowest BCUT2D eigenvalue weighted by molar-refractivity contribution is -0.199. The maximum atomic E-state index is 10.6.